The van der Waals surface area contributed by atoms with Crippen molar-refractivity contribution in [2.75, 3.05) is 13.2 Å². The Morgan fingerprint density at radius 1 is 1.18 bits per heavy atom. The molecule has 5 nitrogen and oxygen atoms in total. The van der Waals surface area contributed by atoms with Crippen molar-refractivity contribution in [3.05, 3.63) is 59.7 Å². The van der Waals surface area contributed by atoms with Gasteiger partial charge in [0.25, 0.3) is 0 Å². The maximum atomic E-state index is 12.9. The molecule has 0 amide bonds. The number of ether oxygens (including phenoxy) is 3. The Morgan fingerprint density at radius 3 is 2.56 bits per heavy atom. The topological polar surface area (TPSA) is 65.0 Å². The molecule has 1 N–H and O–H groups in total. The van der Waals surface area contributed by atoms with Crippen LogP contribution in [-0.4, -0.2) is 42.3 Å². The van der Waals surface area contributed by atoms with Crippen molar-refractivity contribution in [2.24, 2.45) is 23.2 Å². The van der Waals surface area contributed by atoms with Crippen LogP contribution in [0.15, 0.2) is 54.1 Å². The van der Waals surface area contributed by atoms with Crippen molar-refractivity contribution in [3.63, 3.8) is 0 Å². The lowest BCUT2D eigenvalue weighted by Crippen LogP contribution is -2.40. The Morgan fingerprint density at radius 2 is 1.91 bits per heavy atom. The lowest BCUT2D eigenvalue weighted by molar-refractivity contribution is -0.157. The summed E-state index contributed by atoms with van der Waals surface area (Å²) in [5, 5.41) is 11.2. The molecule has 3 aliphatic carbocycles. The number of esters is 1. The summed E-state index contributed by atoms with van der Waals surface area (Å²) < 4.78 is 18.1. The molecular weight excluding hydrogens is 428 g/mol. The third-order valence-corrected chi connectivity index (χ3v) is 8.67. The van der Waals surface area contributed by atoms with Crippen LogP contribution < -0.4 is 0 Å². The number of hydrogen-bond acceptors (Lipinski definition) is 5. The van der Waals surface area contributed by atoms with Gasteiger partial charge in [-0.1, -0.05) is 48.4 Å². The molecule has 0 radical (unpaired) electrons. The van der Waals surface area contributed by atoms with Gasteiger partial charge in [0, 0.05) is 24.2 Å². The second-order valence-corrected chi connectivity index (χ2v) is 11.1. The van der Waals surface area contributed by atoms with Crippen LogP contribution in [-0.2, 0) is 14.2 Å². The molecule has 0 bridgehead atoms. The van der Waals surface area contributed by atoms with Crippen LogP contribution in [0.5, 0.6) is 0 Å². The Balaban J connectivity index is 1.34. The van der Waals surface area contributed by atoms with Gasteiger partial charge in [-0.2, -0.15) is 0 Å². The summed E-state index contributed by atoms with van der Waals surface area (Å²) in [4.78, 5) is 12.9. The second-order valence-electron chi connectivity index (χ2n) is 11.1. The summed E-state index contributed by atoms with van der Waals surface area (Å²) in [6.07, 6.45) is 12.4. The first-order valence-electron chi connectivity index (χ1n) is 12.9. The highest BCUT2D eigenvalue weighted by Gasteiger charge is 2.57. The molecule has 1 spiro atoms. The number of allylic oxidation sites excluding steroid dienone is 2. The first-order chi connectivity index (χ1) is 16.4. The average molecular weight is 467 g/mol. The molecule has 5 heteroatoms. The second kappa shape index (κ2) is 9.60. The molecule has 1 heterocycles. The minimum atomic E-state index is -0.490. The number of hydrogen-bond donors (Lipinski definition) is 1. The van der Waals surface area contributed by atoms with E-state index in [-0.39, 0.29) is 23.4 Å². The minimum Gasteiger partial charge on any atom is -0.458 e. The first kappa shape index (κ1) is 23.8. The zero-order valence-corrected chi connectivity index (χ0v) is 20.4. The van der Waals surface area contributed by atoms with Gasteiger partial charge in [0.1, 0.15) is 6.10 Å². The third kappa shape index (κ3) is 4.62. The molecule has 0 unspecified atom stereocenters. The van der Waals surface area contributed by atoms with Gasteiger partial charge in [0.05, 0.1) is 24.9 Å². The molecule has 4 aliphatic rings. The lowest BCUT2D eigenvalue weighted by atomic mass is 9.62. The van der Waals surface area contributed by atoms with Gasteiger partial charge in [-0.25, -0.2) is 4.79 Å². The zero-order valence-electron chi connectivity index (χ0n) is 20.4. The number of aliphatic hydroxyl groups excluding tert-OH is 1. The van der Waals surface area contributed by atoms with Crippen LogP contribution in [0.1, 0.15) is 69.2 Å². The molecule has 3 saturated carbocycles. The van der Waals surface area contributed by atoms with E-state index in [1.165, 1.54) is 12.0 Å². The van der Waals surface area contributed by atoms with E-state index in [1.54, 1.807) is 12.1 Å². The standard InChI is InChI=1S/C29H38O5/c1-20(2)11-14-28(12-6-13-28)26(30)10-9-23-24-19-29(32-15-16-33-29)18-22(24)17-25(23)34-27(31)21-7-4-3-5-8-21/h3-5,7-11,22-26,30H,6,12-19H2,1-2H3/t22-,23-,24+,25-,26-/m1/s1. The van der Waals surface area contributed by atoms with Crippen molar-refractivity contribution in [1.82, 2.24) is 0 Å². The van der Waals surface area contributed by atoms with Gasteiger partial charge >= 0.3 is 5.97 Å². The van der Waals surface area contributed by atoms with E-state index in [0.29, 0.717) is 30.6 Å². The summed E-state index contributed by atoms with van der Waals surface area (Å²) in [5.41, 5.74) is 1.81. The zero-order chi connectivity index (χ0) is 23.8. The number of carbonyl (C=O) groups excluding carboxylic acids is 1. The molecule has 0 aromatic heterocycles. The predicted octanol–water partition coefficient (Wildman–Crippen LogP) is 5.44. The maximum Gasteiger partial charge on any atom is 0.338 e. The Bertz CT molecular complexity index is 921. The summed E-state index contributed by atoms with van der Waals surface area (Å²) in [5.74, 6) is 0.0336. The molecule has 34 heavy (non-hydrogen) atoms. The molecule has 5 atom stereocenters. The fourth-order valence-corrected chi connectivity index (χ4v) is 6.60. The van der Waals surface area contributed by atoms with Gasteiger partial charge in [-0.3, -0.25) is 0 Å². The fourth-order valence-electron chi connectivity index (χ4n) is 6.60. The highest BCUT2D eigenvalue weighted by atomic mass is 16.7. The summed E-state index contributed by atoms with van der Waals surface area (Å²) >= 11 is 0. The summed E-state index contributed by atoms with van der Waals surface area (Å²) in [6.45, 7) is 5.53. The van der Waals surface area contributed by atoms with Gasteiger partial charge in [-0.05, 0) is 63.5 Å². The molecular formula is C29H38O5. The molecule has 1 aromatic carbocycles. The van der Waals surface area contributed by atoms with E-state index >= 15 is 0 Å². The van der Waals surface area contributed by atoms with Gasteiger partial charge in [0.2, 0.25) is 0 Å². The maximum absolute atomic E-state index is 12.9. The number of aliphatic hydroxyl groups is 1. The average Bonchev–Trinajstić information content (AvgIpc) is 3.47. The van der Waals surface area contributed by atoms with Crippen LogP contribution in [0, 0.1) is 23.2 Å². The normalized spacial score (nSPS) is 31.9. The first-order valence-corrected chi connectivity index (χ1v) is 12.9. The van der Waals surface area contributed by atoms with Crippen LogP contribution in [0.4, 0.5) is 0 Å². The van der Waals surface area contributed by atoms with Crippen LogP contribution in [0.2, 0.25) is 0 Å². The highest BCUT2D eigenvalue weighted by molar-refractivity contribution is 5.89. The molecule has 184 valence electrons. The Kier molecular flexibility index (Phi) is 6.71. The third-order valence-electron chi connectivity index (χ3n) is 8.67. The van der Waals surface area contributed by atoms with Crippen LogP contribution in [0.25, 0.3) is 0 Å². The van der Waals surface area contributed by atoms with Crippen molar-refractivity contribution in [3.8, 4) is 0 Å². The van der Waals surface area contributed by atoms with E-state index in [2.05, 4.69) is 26.0 Å². The van der Waals surface area contributed by atoms with Gasteiger partial charge < -0.3 is 19.3 Å². The molecule has 1 aromatic rings. The fraction of sp³-hybridized carbons (Fsp3) is 0.621. The van der Waals surface area contributed by atoms with Crippen molar-refractivity contribution < 1.29 is 24.1 Å². The number of rotatable bonds is 7. The van der Waals surface area contributed by atoms with E-state index < -0.39 is 11.9 Å². The van der Waals surface area contributed by atoms with E-state index in [4.69, 9.17) is 14.2 Å². The molecule has 1 aliphatic heterocycles. The summed E-state index contributed by atoms with van der Waals surface area (Å²) in [6, 6.07) is 9.21. The SMILES string of the molecule is CC(C)=CCC1([C@H](O)C=C[C@@H]2[C@H]3CC4(C[C@H]3C[C@H]2OC(=O)c2ccccc2)OCCO4)CCC1. The van der Waals surface area contributed by atoms with Crippen molar-refractivity contribution in [1.29, 1.82) is 0 Å². The van der Waals surface area contributed by atoms with Gasteiger partial charge in [-0.15, -0.1) is 0 Å². The molecule has 4 fully saturated rings. The largest absolute Gasteiger partial charge is 0.458 e. The van der Waals surface area contributed by atoms with Gasteiger partial charge in [0.15, 0.2) is 5.79 Å². The Hall–Kier alpha value is -1.95. The summed E-state index contributed by atoms with van der Waals surface area (Å²) in [7, 11) is 0. The smallest absolute Gasteiger partial charge is 0.338 e. The van der Waals surface area contributed by atoms with E-state index in [0.717, 1.165) is 38.5 Å². The van der Waals surface area contributed by atoms with Crippen molar-refractivity contribution >= 4 is 5.97 Å². The number of fused-ring (bicyclic) bond motifs is 1. The van der Waals surface area contributed by atoms with Crippen molar-refractivity contribution in [2.45, 2.75) is 76.8 Å². The Labute approximate surface area is 203 Å². The van der Waals surface area contributed by atoms with E-state index in [9.17, 15) is 9.90 Å². The monoisotopic (exact) mass is 466 g/mol. The lowest BCUT2D eigenvalue weighted by Gasteiger charge is -2.44. The quantitative estimate of drug-likeness (QED) is 0.428. The highest BCUT2D eigenvalue weighted by Crippen LogP contribution is 2.56. The number of carbonyl (C=O) groups is 1. The number of benzene rings is 1. The minimum absolute atomic E-state index is 0.0556. The predicted molar refractivity (Wildman–Crippen MR) is 130 cm³/mol. The van der Waals surface area contributed by atoms with E-state index in [1.807, 2.05) is 24.3 Å². The van der Waals surface area contributed by atoms with Crippen LogP contribution >= 0.6 is 0 Å². The molecule has 5 rings (SSSR count). The van der Waals surface area contributed by atoms with Crippen LogP contribution in [0.3, 0.4) is 0 Å². The molecule has 1 saturated heterocycles.